The summed E-state index contributed by atoms with van der Waals surface area (Å²) in [6.45, 7) is 1.79. The van der Waals surface area contributed by atoms with Gasteiger partial charge in [-0.1, -0.05) is 29.8 Å². The summed E-state index contributed by atoms with van der Waals surface area (Å²) in [5, 5.41) is 0.327. The molecule has 2 aromatic rings. The van der Waals surface area contributed by atoms with Crippen LogP contribution in [0.5, 0.6) is 0 Å². The van der Waals surface area contributed by atoms with Crippen molar-refractivity contribution in [3.05, 3.63) is 70.2 Å². The predicted molar refractivity (Wildman–Crippen MR) is 73.1 cm³/mol. The van der Waals surface area contributed by atoms with Gasteiger partial charge in [0.05, 0.1) is 0 Å². The molecule has 2 rings (SSSR count). The van der Waals surface area contributed by atoms with Crippen LogP contribution in [0.4, 0.5) is 8.78 Å². The Labute approximate surface area is 116 Å². The van der Waals surface area contributed by atoms with Crippen molar-refractivity contribution in [3.8, 4) is 0 Å². The van der Waals surface area contributed by atoms with Gasteiger partial charge in [0, 0.05) is 10.6 Å². The summed E-state index contributed by atoms with van der Waals surface area (Å²) in [6, 6.07) is 10.3. The molecule has 0 aliphatic heterocycles. The van der Waals surface area contributed by atoms with Crippen LogP contribution in [-0.2, 0) is 12.0 Å². The molecule has 2 aromatic carbocycles. The van der Waals surface area contributed by atoms with Gasteiger partial charge in [0.2, 0.25) is 0 Å². The van der Waals surface area contributed by atoms with Gasteiger partial charge in [-0.15, -0.1) is 0 Å². The highest BCUT2D eigenvalue weighted by Gasteiger charge is 2.23. The molecule has 19 heavy (non-hydrogen) atoms. The normalized spacial score (nSPS) is 14.2. The molecule has 0 heterocycles. The van der Waals surface area contributed by atoms with Crippen molar-refractivity contribution in [2.24, 2.45) is 5.73 Å². The molecule has 1 atom stereocenters. The summed E-state index contributed by atoms with van der Waals surface area (Å²) >= 11 is 5.98. The molecule has 1 unspecified atom stereocenters. The molecule has 0 spiro atoms. The maximum absolute atomic E-state index is 13.2. The van der Waals surface area contributed by atoms with Crippen LogP contribution < -0.4 is 5.73 Å². The minimum absolute atomic E-state index is 0.327. The number of hydrogen-bond acceptors (Lipinski definition) is 1. The second-order valence-electron chi connectivity index (χ2n) is 4.84. The second kappa shape index (κ2) is 5.27. The Bertz CT molecular complexity index is 596. The van der Waals surface area contributed by atoms with Crippen molar-refractivity contribution in [1.29, 1.82) is 0 Å². The third kappa shape index (κ3) is 3.31. The smallest absolute Gasteiger partial charge is 0.124 e. The van der Waals surface area contributed by atoms with Crippen molar-refractivity contribution in [2.45, 2.75) is 18.9 Å². The predicted octanol–water partition coefficient (Wildman–Crippen LogP) is 4.03. The first-order valence-corrected chi connectivity index (χ1v) is 6.25. The first-order valence-electron chi connectivity index (χ1n) is 5.87. The van der Waals surface area contributed by atoms with Gasteiger partial charge in [-0.2, -0.15) is 0 Å². The summed E-state index contributed by atoms with van der Waals surface area (Å²) in [6.07, 6.45) is 0.398. The zero-order chi connectivity index (χ0) is 14.0. The Morgan fingerprint density at radius 2 is 1.79 bits per heavy atom. The van der Waals surface area contributed by atoms with E-state index in [9.17, 15) is 8.78 Å². The molecular weight excluding hydrogens is 268 g/mol. The van der Waals surface area contributed by atoms with Gasteiger partial charge < -0.3 is 5.73 Å². The summed E-state index contributed by atoms with van der Waals surface area (Å²) in [7, 11) is 0. The summed E-state index contributed by atoms with van der Waals surface area (Å²) < 4.78 is 26.2. The summed E-state index contributed by atoms with van der Waals surface area (Å²) in [5.74, 6) is -0.724. The lowest BCUT2D eigenvalue weighted by atomic mass is 9.86. The van der Waals surface area contributed by atoms with Crippen LogP contribution in [0.2, 0.25) is 5.02 Å². The van der Waals surface area contributed by atoms with E-state index in [0.717, 1.165) is 5.56 Å². The SMILES string of the molecule is CC(N)(Cc1ccc(F)cc1Cl)c1cccc(F)c1. The van der Waals surface area contributed by atoms with Gasteiger partial charge in [-0.3, -0.25) is 0 Å². The Kier molecular flexibility index (Phi) is 3.88. The molecule has 0 aliphatic rings. The van der Waals surface area contributed by atoms with E-state index >= 15 is 0 Å². The fraction of sp³-hybridized carbons (Fsp3) is 0.200. The Morgan fingerprint density at radius 3 is 2.42 bits per heavy atom. The van der Waals surface area contributed by atoms with Crippen molar-refractivity contribution < 1.29 is 8.78 Å². The van der Waals surface area contributed by atoms with E-state index in [4.69, 9.17) is 17.3 Å². The zero-order valence-electron chi connectivity index (χ0n) is 10.5. The highest BCUT2D eigenvalue weighted by Crippen LogP contribution is 2.27. The van der Waals surface area contributed by atoms with Gasteiger partial charge in [0.1, 0.15) is 11.6 Å². The van der Waals surface area contributed by atoms with Gasteiger partial charge >= 0.3 is 0 Å². The monoisotopic (exact) mass is 281 g/mol. The molecule has 0 aliphatic carbocycles. The van der Waals surface area contributed by atoms with Crippen LogP contribution in [-0.4, -0.2) is 0 Å². The van der Waals surface area contributed by atoms with E-state index in [-0.39, 0.29) is 5.82 Å². The maximum Gasteiger partial charge on any atom is 0.124 e. The zero-order valence-corrected chi connectivity index (χ0v) is 11.2. The van der Waals surface area contributed by atoms with Crippen LogP contribution in [0.3, 0.4) is 0 Å². The molecule has 100 valence electrons. The van der Waals surface area contributed by atoms with Crippen molar-refractivity contribution in [1.82, 2.24) is 0 Å². The summed E-state index contributed by atoms with van der Waals surface area (Å²) in [4.78, 5) is 0. The second-order valence-corrected chi connectivity index (χ2v) is 5.25. The van der Waals surface area contributed by atoms with Crippen molar-refractivity contribution in [3.63, 3.8) is 0 Å². The standard InChI is InChI=1S/C15H14ClF2N/c1-15(19,11-3-2-4-12(17)7-11)9-10-5-6-13(18)8-14(10)16/h2-8H,9,19H2,1H3. The Balaban J connectivity index is 2.30. The van der Waals surface area contributed by atoms with Crippen LogP contribution in [0.1, 0.15) is 18.1 Å². The van der Waals surface area contributed by atoms with Gasteiger partial charge in [-0.25, -0.2) is 8.78 Å². The fourth-order valence-electron chi connectivity index (χ4n) is 2.01. The molecular formula is C15H14ClF2N. The molecule has 0 radical (unpaired) electrons. The van der Waals surface area contributed by atoms with Crippen LogP contribution in [0.25, 0.3) is 0 Å². The topological polar surface area (TPSA) is 26.0 Å². The lowest BCUT2D eigenvalue weighted by Crippen LogP contribution is -2.35. The average Bonchev–Trinajstić information content (AvgIpc) is 2.33. The van der Waals surface area contributed by atoms with Crippen LogP contribution >= 0.6 is 11.6 Å². The van der Waals surface area contributed by atoms with E-state index in [0.29, 0.717) is 17.0 Å². The first kappa shape index (κ1) is 14.0. The lowest BCUT2D eigenvalue weighted by Gasteiger charge is -2.26. The average molecular weight is 282 g/mol. The van der Waals surface area contributed by atoms with Crippen molar-refractivity contribution in [2.75, 3.05) is 0 Å². The van der Waals surface area contributed by atoms with E-state index in [2.05, 4.69) is 0 Å². The molecule has 1 nitrogen and oxygen atoms in total. The molecule has 0 saturated carbocycles. The molecule has 4 heteroatoms. The largest absolute Gasteiger partial charge is 0.321 e. The Morgan fingerprint density at radius 1 is 1.11 bits per heavy atom. The Hall–Kier alpha value is -1.45. The highest BCUT2D eigenvalue weighted by molar-refractivity contribution is 6.31. The fourth-order valence-corrected chi connectivity index (χ4v) is 2.24. The minimum Gasteiger partial charge on any atom is -0.321 e. The third-order valence-electron chi connectivity index (χ3n) is 3.06. The number of nitrogens with two attached hydrogens (primary N) is 1. The quantitative estimate of drug-likeness (QED) is 0.903. The number of hydrogen-bond donors (Lipinski definition) is 1. The number of rotatable bonds is 3. The minimum atomic E-state index is -0.774. The molecule has 2 N–H and O–H groups in total. The van der Waals surface area contributed by atoms with Gasteiger partial charge in [-0.05, 0) is 48.7 Å². The third-order valence-corrected chi connectivity index (χ3v) is 3.41. The first-order chi connectivity index (χ1) is 8.88. The maximum atomic E-state index is 13.2. The molecule has 0 aromatic heterocycles. The molecule has 0 saturated heterocycles. The molecule has 0 amide bonds. The number of halogens is 3. The van der Waals surface area contributed by atoms with E-state index < -0.39 is 11.4 Å². The van der Waals surface area contributed by atoms with Crippen LogP contribution in [0.15, 0.2) is 42.5 Å². The summed E-state index contributed by atoms with van der Waals surface area (Å²) in [5.41, 5.74) is 6.86. The van der Waals surface area contributed by atoms with E-state index in [1.165, 1.54) is 24.3 Å². The lowest BCUT2D eigenvalue weighted by molar-refractivity contribution is 0.486. The van der Waals surface area contributed by atoms with E-state index in [1.54, 1.807) is 25.1 Å². The van der Waals surface area contributed by atoms with Gasteiger partial charge in [0.15, 0.2) is 0 Å². The van der Waals surface area contributed by atoms with Crippen LogP contribution in [0, 0.1) is 11.6 Å². The molecule has 0 bridgehead atoms. The number of benzene rings is 2. The van der Waals surface area contributed by atoms with Crippen molar-refractivity contribution >= 4 is 11.6 Å². The van der Waals surface area contributed by atoms with Gasteiger partial charge in [0.25, 0.3) is 0 Å². The molecule has 0 fully saturated rings. The van der Waals surface area contributed by atoms with E-state index in [1.807, 2.05) is 0 Å². The highest BCUT2D eigenvalue weighted by atomic mass is 35.5.